The summed E-state index contributed by atoms with van der Waals surface area (Å²) in [5.74, 6) is -0.967. The highest BCUT2D eigenvalue weighted by Crippen LogP contribution is 2.33. The lowest BCUT2D eigenvalue weighted by Crippen LogP contribution is -2.22. The molecule has 0 unspecified atom stereocenters. The molecule has 2 amide bonds. The van der Waals surface area contributed by atoms with Crippen LogP contribution in [0.25, 0.3) is 0 Å². The average molecular weight is 497 g/mol. The maximum Gasteiger partial charge on any atom is 0.325 e. The zero-order valence-electron chi connectivity index (χ0n) is 18.3. The van der Waals surface area contributed by atoms with Crippen molar-refractivity contribution in [1.82, 2.24) is 9.97 Å². The summed E-state index contributed by atoms with van der Waals surface area (Å²) in [5.41, 5.74) is 1.59. The molecule has 1 saturated carbocycles. The first kappa shape index (κ1) is 23.9. The highest BCUT2D eigenvalue weighted by Gasteiger charge is 2.26. The van der Waals surface area contributed by atoms with E-state index in [1.807, 2.05) is 18.2 Å². The van der Waals surface area contributed by atoms with Gasteiger partial charge in [-0.3, -0.25) is 14.9 Å². The molecule has 3 N–H and O–H groups in total. The van der Waals surface area contributed by atoms with E-state index in [0.717, 1.165) is 40.5 Å². The molecule has 1 aliphatic carbocycles. The van der Waals surface area contributed by atoms with Crippen molar-refractivity contribution in [2.75, 3.05) is 10.6 Å². The van der Waals surface area contributed by atoms with Gasteiger partial charge in [-0.2, -0.15) is 0 Å². The Bertz CT molecular complexity index is 1180. The predicted molar refractivity (Wildman–Crippen MR) is 132 cm³/mol. The molecule has 3 aromatic rings. The van der Waals surface area contributed by atoms with Crippen molar-refractivity contribution in [3.8, 4) is 0 Å². The van der Waals surface area contributed by atoms with E-state index in [4.69, 9.17) is 5.11 Å². The van der Waals surface area contributed by atoms with Gasteiger partial charge in [0.15, 0.2) is 10.9 Å². The number of anilines is 2. The van der Waals surface area contributed by atoms with Gasteiger partial charge in [-0.05, 0) is 49.1 Å². The highest BCUT2D eigenvalue weighted by atomic mass is 32.2. The number of carboxylic acids is 1. The molecule has 2 heterocycles. The van der Waals surface area contributed by atoms with Crippen LogP contribution in [0.2, 0.25) is 0 Å². The third-order valence-corrected chi connectivity index (χ3v) is 7.46. The third kappa shape index (κ3) is 6.42. The van der Waals surface area contributed by atoms with Crippen molar-refractivity contribution >= 4 is 51.7 Å². The van der Waals surface area contributed by atoms with E-state index < -0.39 is 12.0 Å². The van der Waals surface area contributed by atoms with E-state index >= 15 is 0 Å². The number of hydrogen-bond donors (Lipinski definition) is 3. The minimum Gasteiger partial charge on any atom is -0.481 e. The number of aliphatic carboxylic acids is 1. The molecule has 1 fully saturated rings. The fourth-order valence-corrected chi connectivity index (χ4v) is 5.62. The zero-order chi connectivity index (χ0) is 23.9. The molecule has 1 aromatic carbocycles. The van der Waals surface area contributed by atoms with Crippen LogP contribution >= 0.6 is 23.1 Å². The second kappa shape index (κ2) is 11.3. The zero-order valence-corrected chi connectivity index (χ0v) is 20.0. The Labute approximate surface area is 205 Å². The quantitative estimate of drug-likeness (QED) is 0.324. The van der Waals surface area contributed by atoms with Gasteiger partial charge in [0, 0.05) is 24.1 Å². The van der Waals surface area contributed by atoms with Crippen molar-refractivity contribution in [3.05, 3.63) is 59.9 Å². The topological polar surface area (TPSA) is 121 Å². The normalized spacial score (nSPS) is 13.5. The number of carboxylic acid groups (broad SMARTS) is 1. The molecule has 2 aromatic heterocycles. The number of benzene rings is 1. The van der Waals surface area contributed by atoms with Crippen LogP contribution in [0, 0.1) is 5.92 Å². The van der Waals surface area contributed by atoms with Crippen LogP contribution in [0.4, 0.5) is 15.6 Å². The van der Waals surface area contributed by atoms with E-state index in [1.54, 1.807) is 30.6 Å². The van der Waals surface area contributed by atoms with E-state index in [0.29, 0.717) is 22.8 Å². The summed E-state index contributed by atoms with van der Waals surface area (Å²) in [5, 5.41) is 15.7. The Morgan fingerprint density at radius 1 is 1.09 bits per heavy atom. The standard InChI is InChI=1S/C24H24N4O4S2/c29-20(30)11-9-15-8-10-18(17(13-15)22(31)16-5-1-2-6-16)27-23(32)28-24-26-14-21(34-24)33-19-7-3-4-12-25-19/h3-4,7-8,10,12-14,16H,1-2,5-6,9,11H2,(H,29,30)(H2,26,27,28,32). The van der Waals surface area contributed by atoms with Gasteiger partial charge in [0.25, 0.3) is 0 Å². The molecule has 10 heteroatoms. The summed E-state index contributed by atoms with van der Waals surface area (Å²) in [6.07, 6.45) is 7.39. The van der Waals surface area contributed by atoms with Crippen molar-refractivity contribution in [2.45, 2.75) is 47.8 Å². The van der Waals surface area contributed by atoms with Gasteiger partial charge >= 0.3 is 12.0 Å². The monoisotopic (exact) mass is 496 g/mol. The molecule has 0 bridgehead atoms. The Balaban J connectivity index is 1.45. The number of Topliss-reactive ketones (excluding diaryl/α,β-unsaturated/α-hetero) is 1. The molecule has 0 radical (unpaired) electrons. The number of rotatable bonds is 9. The minimum atomic E-state index is -0.894. The number of thiazole rings is 1. The lowest BCUT2D eigenvalue weighted by Gasteiger charge is -2.15. The SMILES string of the molecule is O=C(O)CCc1ccc(NC(=O)Nc2ncc(Sc3ccccn3)s2)c(C(=O)C2CCCC2)c1. The first-order valence-corrected chi connectivity index (χ1v) is 12.6. The van der Waals surface area contributed by atoms with Gasteiger partial charge < -0.3 is 10.4 Å². The molecule has 34 heavy (non-hydrogen) atoms. The van der Waals surface area contributed by atoms with E-state index in [2.05, 4.69) is 20.6 Å². The number of ketones is 1. The maximum atomic E-state index is 13.2. The molecule has 0 spiro atoms. The number of amides is 2. The lowest BCUT2D eigenvalue weighted by molar-refractivity contribution is -0.136. The molecule has 0 aliphatic heterocycles. The van der Waals surface area contributed by atoms with Crippen molar-refractivity contribution in [3.63, 3.8) is 0 Å². The van der Waals surface area contributed by atoms with E-state index in [1.165, 1.54) is 23.1 Å². The highest BCUT2D eigenvalue weighted by molar-refractivity contribution is 8.01. The predicted octanol–water partition coefficient (Wildman–Crippen LogP) is 5.72. The number of nitrogens with zero attached hydrogens (tertiary/aromatic N) is 2. The lowest BCUT2D eigenvalue weighted by atomic mass is 9.93. The second-order valence-electron chi connectivity index (χ2n) is 7.95. The Kier molecular flexibility index (Phi) is 7.91. The molecule has 176 valence electrons. The largest absolute Gasteiger partial charge is 0.481 e. The van der Waals surface area contributed by atoms with Crippen LogP contribution in [-0.4, -0.2) is 32.9 Å². The fourth-order valence-electron chi connectivity index (χ4n) is 3.84. The number of aromatic nitrogens is 2. The number of carbonyl (C=O) groups is 3. The van der Waals surface area contributed by atoms with Gasteiger partial charge in [-0.15, -0.1) is 0 Å². The summed E-state index contributed by atoms with van der Waals surface area (Å²) >= 11 is 2.78. The Morgan fingerprint density at radius 2 is 1.91 bits per heavy atom. The maximum absolute atomic E-state index is 13.2. The fraction of sp³-hybridized carbons (Fsp3) is 0.292. The smallest absolute Gasteiger partial charge is 0.325 e. The summed E-state index contributed by atoms with van der Waals surface area (Å²) in [6.45, 7) is 0. The summed E-state index contributed by atoms with van der Waals surface area (Å²) in [6, 6.07) is 10.3. The number of carbonyl (C=O) groups excluding carboxylic acids is 2. The molecule has 1 aliphatic rings. The van der Waals surface area contributed by atoms with Crippen LogP contribution in [0.15, 0.2) is 58.0 Å². The molecule has 0 atom stereocenters. The van der Waals surface area contributed by atoms with Crippen molar-refractivity contribution < 1.29 is 19.5 Å². The molecular weight excluding hydrogens is 472 g/mol. The number of urea groups is 1. The van der Waals surface area contributed by atoms with E-state index in [-0.39, 0.29) is 18.1 Å². The van der Waals surface area contributed by atoms with Gasteiger partial charge in [-0.25, -0.2) is 14.8 Å². The summed E-state index contributed by atoms with van der Waals surface area (Å²) in [4.78, 5) is 45.3. The van der Waals surface area contributed by atoms with Gasteiger partial charge in [-0.1, -0.05) is 48.1 Å². The number of aryl methyl sites for hydroxylation is 1. The number of nitrogens with one attached hydrogen (secondary N) is 2. The molecule has 0 saturated heterocycles. The summed E-state index contributed by atoms with van der Waals surface area (Å²) in [7, 11) is 0. The molecule has 4 rings (SSSR count). The van der Waals surface area contributed by atoms with Crippen LogP contribution in [0.3, 0.4) is 0 Å². The Hall–Kier alpha value is -3.24. The first-order chi connectivity index (χ1) is 16.5. The van der Waals surface area contributed by atoms with E-state index in [9.17, 15) is 14.4 Å². The minimum absolute atomic E-state index is 0.00623. The summed E-state index contributed by atoms with van der Waals surface area (Å²) < 4.78 is 0.883. The number of pyridine rings is 1. The van der Waals surface area contributed by atoms with Crippen molar-refractivity contribution in [2.24, 2.45) is 5.92 Å². The van der Waals surface area contributed by atoms with Crippen LogP contribution < -0.4 is 10.6 Å². The third-order valence-electron chi connectivity index (χ3n) is 5.50. The average Bonchev–Trinajstić information content (AvgIpc) is 3.51. The first-order valence-electron chi connectivity index (χ1n) is 11.0. The van der Waals surface area contributed by atoms with Gasteiger partial charge in [0.1, 0.15) is 5.03 Å². The number of hydrogen-bond acceptors (Lipinski definition) is 7. The Morgan fingerprint density at radius 3 is 2.65 bits per heavy atom. The molecular formula is C24H24N4O4S2. The van der Waals surface area contributed by atoms with Gasteiger partial charge in [0.2, 0.25) is 0 Å². The van der Waals surface area contributed by atoms with Crippen LogP contribution in [-0.2, 0) is 11.2 Å². The van der Waals surface area contributed by atoms with Crippen LogP contribution in [0.1, 0.15) is 48.0 Å². The molecule has 8 nitrogen and oxygen atoms in total. The second-order valence-corrected chi connectivity index (χ2v) is 10.3. The van der Waals surface area contributed by atoms with Crippen LogP contribution in [0.5, 0.6) is 0 Å². The van der Waals surface area contributed by atoms with Crippen molar-refractivity contribution in [1.29, 1.82) is 0 Å². The van der Waals surface area contributed by atoms with Gasteiger partial charge in [0.05, 0.1) is 16.1 Å².